The van der Waals surface area contributed by atoms with Crippen LogP contribution in [0.5, 0.6) is 0 Å². The summed E-state index contributed by atoms with van der Waals surface area (Å²) in [5.41, 5.74) is 2.33. The van der Waals surface area contributed by atoms with Crippen molar-refractivity contribution in [3.63, 3.8) is 0 Å². The van der Waals surface area contributed by atoms with Crippen molar-refractivity contribution in [1.29, 1.82) is 0 Å². The summed E-state index contributed by atoms with van der Waals surface area (Å²) < 4.78 is 6.09. The number of allylic oxidation sites excluding steroid dienone is 4. The van der Waals surface area contributed by atoms with Crippen molar-refractivity contribution < 1.29 is 19.1 Å². The Morgan fingerprint density at radius 2 is 1.97 bits per heavy atom. The van der Waals surface area contributed by atoms with Crippen molar-refractivity contribution in [3.8, 4) is 0 Å². The van der Waals surface area contributed by atoms with Crippen LogP contribution in [0.2, 0.25) is 0 Å². The van der Waals surface area contributed by atoms with Crippen molar-refractivity contribution >= 4 is 17.7 Å². The zero-order valence-electron chi connectivity index (χ0n) is 20.0. The Bertz CT molecular complexity index is 934. The smallest absolute Gasteiger partial charge is 0.306 e. The molecule has 1 aliphatic heterocycles. The standard InChI is InChI=1S/C27H37NO4/c1-5-28(17(2)29)16-18-14-19-15-20(30)6-10-25(19,3)21-7-11-26(4)22(24(18)21)8-12-27(26)13-9-23(31)32-27/h7,15,18,22,24H,5-6,8-14,16H2,1-4H3/t18-,22?,24?,25-,26-,27+/m0/s1. The average molecular weight is 440 g/mol. The highest BCUT2D eigenvalue weighted by atomic mass is 16.6. The van der Waals surface area contributed by atoms with Gasteiger partial charge in [0.15, 0.2) is 5.78 Å². The van der Waals surface area contributed by atoms with Gasteiger partial charge in [-0.05, 0) is 69.3 Å². The molecule has 4 aliphatic carbocycles. The molecular weight excluding hydrogens is 402 g/mol. The third-order valence-corrected chi connectivity index (χ3v) is 10.1. The molecule has 0 radical (unpaired) electrons. The molecule has 1 spiro atoms. The molecule has 5 rings (SSSR count). The van der Waals surface area contributed by atoms with E-state index in [2.05, 4.69) is 19.9 Å². The molecule has 0 N–H and O–H groups in total. The van der Waals surface area contributed by atoms with Crippen molar-refractivity contribution in [2.45, 2.75) is 84.7 Å². The van der Waals surface area contributed by atoms with Crippen LogP contribution in [0.4, 0.5) is 0 Å². The fourth-order valence-corrected chi connectivity index (χ4v) is 8.22. The minimum absolute atomic E-state index is 0.0430. The predicted molar refractivity (Wildman–Crippen MR) is 122 cm³/mol. The molecule has 0 aromatic carbocycles. The van der Waals surface area contributed by atoms with E-state index in [4.69, 9.17) is 4.74 Å². The largest absolute Gasteiger partial charge is 0.458 e. The molecule has 174 valence electrons. The van der Waals surface area contributed by atoms with E-state index in [1.165, 1.54) is 11.1 Å². The Kier molecular flexibility index (Phi) is 5.00. The van der Waals surface area contributed by atoms with E-state index in [1.54, 1.807) is 6.92 Å². The van der Waals surface area contributed by atoms with Crippen LogP contribution in [0.1, 0.15) is 79.1 Å². The number of ketones is 1. The van der Waals surface area contributed by atoms with Gasteiger partial charge in [0.1, 0.15) is 5.60 Å². The summed E-state index contributed by atoms with van der Waals surface area (Å²) in [6.45, 7) is 9.83. The van der Waals surface area contributed by atoms with E-state index in [0.717, 1.165) is 45.1 Å². The molecule has 5 nitrogen and oxygen atoms in total. The maximum Gasteiger partial charge on any atom is 0.306 e. The van der Waals surface area contributed by atoms with Crippen molar-refractivity contribution in [3.05, 3.63) is 23.3 Å². The maximum absolute atomic E-state index is 12.3. The molecule has 5 aliphatic rings. The van der Waals surface area contributed by atoms with Gasteiger partial charge in [0.2, 0.25) is 5.91 Å². The van der Waals surface area contributed by atoms with Gasteiger partial charge in [-0.15, -0.1) is 0 Å². The number of amides is 1. The predicted octanol–water partition coefficient (Wildman–Crippen LogP) is 4.61. The number of hydrogen-bond donors (Lipinski definition) is 0. The van der Waals surface area contributed by atoms with E-state index in [0.29, 0.717) is 37.1 Å². The molecular formula is C27H37NO4. The summed E-state index contributed by atoms with van der Waals surface area (Å²) >= 11 is 0. The Hall–Kier alpha value is -1.91. The van der Waals surface area contributed by atoms with Gasteiger partial charge in [0.25, 0.3) is 0 Å². The molecule has 2 saturated carbocycles. The van der Waals surface area contributed by atoms with Gasteiger partial charge in [0.05, 0.1) is 0 Å². The highest BCUT2D eigenvalue weighted by Gasteiger charge is 2.66. The number of esters is 1. The molecule has 1 heterocycles. The van der Waals surface area contributed by atoms with E-state index in [-0.39, 0.29) is 34.1 Å². The normalized spacial score (nSPS) is 42.6. The minimum Gasteiger partial charge on any atom is -0.458 e. The summed E-state index contributed by atoms with van der Waals surface area (Å²) in [4.78, 5) is 38.8. The number of nitrogens with zero attached hydrogens (tertiary/aromatic N) is 1. The van der Waals surface area contributed by atoms with Crippen LogP contribution in [-0.2, 0) is 19.1 Å². The van der Waals surface area contributed by atoms with Gasteiger partial charge in [-0.3, -0.25) is 14.4 Å². The van der Waals surface area contributed by atoms with Crippen molar-refractivity contribution in [1.82, 2.24) is 4.90 Å². The highest BCUT2D eigenvalue weighted by molar-refractivity contribution is 5.92. The summed E-state index contributed by atoms with van der Waals surface area (Å²) in [6, 6.07) is 0. The summed E-state index contributed by atoms with van der Waals surface area (Å²) in [5, 5.41) is 0. The number of ether oxygens (including phenoxy) is 1. The van der Waals surface area contributed by atoms with Gasteiger partial charge in [0, 0.05) is 43.7 Å². The molecule has 1 saturated heterocycles. The van der Waals surface area contributed by atoms with E-state index in [1.807, 2.05) is 17.9 Å². The first-order valence-corrected chi connectivity index (χ1v) is 12.6. The Balaban J connectivity index is 1.59. The Labute approximate surface area is 191 Å². The fraction of sp³-hybridized carbons (Fsp3) is 0.741. The number of carbonyl (C=O) groups excluding carboxylic acids is 3. The number of carbonyl (C=O) groups is 3. The second kappa shape index (κ2) is 7.30. The van der Waals surface area contributed by atoms with Crippen LogP contribution < -0.4 is 0 Å². The van der Waals surface area contributed by atoms with Crippen LogP contribution in [0, 0.1) is 28.6 Å². The Morgan fingerprint density at radius 1 is 1.19 bits per heavy atom. The van der Waals surface area contributed by atoms with E-state index < -0.39 is 0 Å². The third-order valence-electron chi connectivity index (χ3n) is 10.1. The van der Waals surface area contributed by atoms with E-state index in [9.17, 15) is 14.4 Å². The molecule has 6 atom stereocenters. The van der Waals surface area contributed by atoms with Crippen LogP contribution in [0.15, 0.2) is 23.3 Å². The van der Waals surface area contributed by atoms with Gasteiger partial charge < -0.3 is 9.64 Å². The second-order valence-electron chi connectivity index (χ2n) is 11.4. The topological polar surface area (TPSA) is 63.7 Å². The lowest BCUT2D eigenvalue weighted by Gasteiger charge is -2.57. The van der Waals surface area contributed by atoms with Crippen LogP contribution in [0.25, 0.3) is 0 Å². The number of rotatable bonds is 3. The first-order valence-electron chi connectivity index (χ1n) is 12.6. The lowest BCUT2D eigenvalue weighted by Crippen LogP contribution is -2.54. The van der Waals surface area contributed by atoms with Gasteiger partial charge in [-0.1, -0.05) is 31.1 Å². The van der Waals surface area contributed by atoms with Crippen LogP contribution in [0.3, 0.4) is 0 Å². The molecule has 0 aromatic rings. The van der Waals surface area contributed by atoms with Crippen molar-refractivity contribution in [2.24, 2.45) is 28.6 Å². The molecule has 0 aromatic heterocycles. The van der Waals surface area contributed by atoms with Crippen molar-refractivity contribution in [2.75, 3.05) is 13.1 Å². The first-order chi connectivity index (χ1) is 15.1. The molecule has 2 unspecified atom stereocenters. The van der Waals surface area contributed by atoms with Gasteiger partial charge >= 0.3 is 5.97 Å². The van der Waals surface area contributed by atoms with Crippen LogP contribution in [-0.4, -0.2) is 41.3 Å². The zero-order chi connectivity index (χ0) is 22.9. The molecule has 5 heteroatoms. The monoisotopic (exact) mass is 439 g/mol. The minimum atomic E-state index is -0.327. The lowest BCUT2D eigenvalue weighted by molar-refractivity contribution is -0.161. The number of hydrogen-bond acceptors (Lipinski definition) is 4. The average Bonchev–Trinajstić information content (AvgIpc) is 3.27. The summed E-state index contributed by atoms with van der Waals surface area (Å²) in [7, 11) is 0. The first kappa shape index (κ1) is 21.9. The zero-order valence-corrected chi connectivity index (χ0v) is 20.0. The van der Waals surface area contributed by atoms with E-state index >= 15 is 0 Å². The highest BCUT2D eigenvalue weighted by Crippen LogP contribution is 2.69. The molecule has 1 amide bonds. The quantitative estimate of drug-likeness (QED) is 0.476. The van der Waals surface area contributed by atoms with Gasteiger partial charge in [-0.2, -0.15) is 0 Å². The molecule has 3 fully saturated rings. The second-order valence-corrected chi connectivity index (χ2v) is 11.4. The number of fused-ring (bicyclic) bond motifs is 6. The van der Waals surface area contributed by atoms with Gasteiger partial charge in [-0.25, -0.2) is 0 Å². The summed E-state index contributed by atoms with van der Waals surface area (Å²) in [6.07, 6.45) is 11.1. The summed E-state index contributed by atoms with van der Waals surface area (Å²) in [5.74, 6) is 1.43. The fourth-order valence-electron chi connectivity index (χ4n) is 8.22. The molecule has 0 bridgehead atoms. The Morgan fingerprint density at radius 3 is 2.62 bits per heavy atom. The lowest BCUT2D eigenvalue weighted by atomic mass is 9.48. The SMILES string of the molecule is CCN(C[C@@H]1CC2=CC(=O)CC[C@]2(C)C2=CC[C@@]3(C)C(CC[C@@]34CCC(=O)O4)C21)C(C)=O. The molecule has 32 heavy (non-hydrogen) atoms. The van der Waals surface area contributed by atoms with Crippen LogP contribution >= 0.6 is 0 Å². The maximum atomic E-state index is 12.3. The third kappa shape index (κ3) is 2.92.